The minimum Gasteiger partial charge on any atom is -0.352 e. The summed E-state index contributed by atoms with van der Waals surface area (Å²) in [6.07, 6.45) is 2.97. The first kappa shape index (κ1) is 20.4. The molecule has 152 valence electrons. The van der Waals surface area contributed by atoms with Crippen molar-refractivity contribution in [2.75, 3.05) is 6.54 Å². The number of fused-ring (bicyclic) bond motifs is 1. The molecule has 3 aromatic rings. The first-order valence-electron chi connectivity index (χ1n) is 9.78. The summed E-state index contributed by atoms with van der Waals surface area (Å²) in [5.41, 5.74) is 0.883. The molecular weight excluding hydrogens is 370 g/mol. The zero-order valence-electron chi connectivity index (χ0n) is 16.9. The van der Waals surface area contributed by atoms with E-state index in [1.54, 1.807) is 12.3 Å². The summed E-state index contributed by atoms with van der Waals surface area (Å²) in [4.78, 5) is 48.9. The lowest BCUT2D eigenvalue weighted by Crippen LogP contribution is -2.34. The number of H-pyrrole nitrogens is 1. The largest absolute Gasteiger partial charge is 0.352 e. The van der Waals surface area contributed by atoms with Crippen LogP contribution < -0.4 is 16.6 Å². The van der Waals surface area contributed by atoms with Crippen LogP contribution >= 0.6 is 0 Å². The zero-order chi connectivity index (χ0) is 21.0. The number of hydrogen-bond donors (Lipinski definition) is 2. The molecule has 3 rings (SSSR count). The Morgan fingerprint density at radius 1 is 1.28 bits per heavy atom. The number of rotatable bonds is 7. The van der Waals surface area contributed by atoms with E-state index in [1.807, 2.05) is 39.0 Å². The van der Waals surface area contributed by atoms with Crippen LogP contribution in [0.15, 0.2) is 40.1 Å². The van der Waals surface area contributed by atoms with Crippen LogP contribution in [-0.2, 0) is 13.0 Å². The summed E-state index contributed by atoms with van der Waals surface area (Å²) in [6.45, 7) is 6.62. The maximum absolute atomic E-state index is 12.9. The molecule has 0 aliphatic carbocycles. The Bertz CT molecular complexity index is 1130. The summed E-state index contributed by atoms with van der Waals surface area (Å²) in [5.74, 6) is -0.341. The molecule has 8 nitrogen and oxygen atoms in total. The lowest BCUT2D eigenvalue weighted by Gasteiger charge is -2.14. The van der Waals surface area contributed by atoms with Crippen LogP contribution in [0.1, 0.15) is 54.9 Å². The third-order valence-corrected chi connectivity index (χ3v) is 4.64. The van der Waals surface area contributed by atoms with Crippen LogP contribution in [0.5, 0.6) is 0 Å². The van der Waals surface area contributed by atoms with Crippen molar-refractivity contribution in [3.05, 3.63) is 68.3 Å². The van der Waals surface area contributed by atoms with E-state index in [0.29, 0.717) is 31.6 Å². The molecule has 0 bridgehead atoms. The third-order valence-electron chi connectivity index (χ3n) is 4.64. The highest BCUT2D eigenvalue weighted by atomic mass is 16.2. The minimum atomic E-state index is -0.602. The van der Waals surface area contributed by atoms with Gasteiger partial charge in [-0.15, -0.1) is 0 Å². The standard InChI is InChI=1S/C21H25N5O3/c1-4-11-26-18-17(20(28)25-21(26)29)15(12-16(24-18)13(2)3)19(27)23-10-8-14-7-5-6-9-22-14/h5-7,9,12-13H,4,8,10-11H2,1-3H3,(H,23,27)(H,25,28,29). The van der Waals surface area contributed by atoms with Gasteiger partial charge in [0.05, 0.1) is 10.9 Å². The fourth-order valence-electron chi connectivity index (χ4n) is 3.14. The van der Waals surface area contributed by atoms with E-state index in [-0.39, 0.29) is 28.4 Å². The molecule has 0 unspecified atom stereocenters. The zero-order valence-corrected chi connectivity index (χ0v) is 16.9. The number of pyridine rings is 2. The third kappa shape index (κ3) is 4.42. The van der Waals surface area contributed by atoms with E-state index < -0.39 is 11.2 Å². The smallest absolute Gasteiger partial charge is 0.329 e. The topological polar surface area (TPSA) is 110 Å². The van der Waals surface area contributed by atoms with Gasteiger partial charge >= 0.3 is 5.69 Å². The van der Waals surface area contributed by atoms with Crippen LogP contribution in [0.25, 0.3) is 11.0 Å². The van der Waals surface area contributed by atoms with Gasteiger partial charge in [0.1, 0.15) is 0 Å². The SMILES string of the molecule is CCCn1c(=O)[nH]c(=O)c2c(C(=O)NCCc3ccccn3)cc(C(C)C)nc21. The number of aryl methyl sites for hydroxylation is 1. The normalized spacial score (nSPS) is 11.2. The monoisotopic (exact) mass is 395 g/mol. The molecule has 2 N–H and O–H groups in total. The Balaban J connectivity index is 2.03. The molecule has 0 spiro atoms. The predicted octanol–water partition coefficient (Wildman–Crippen LogP) is 1.99. The molecule has 0 atom stereocenters. The average Bonchev–Trinajstić information content (AvgIpc) is 2.70. The second kappa shape index (κ2) is 8.81. The Labute approximate surface area is 168 Å². The van der Waals surface area contributed by atoms with Crippen molar-refractivity contribution >= 4 is 16.9 Å². The Morgan fingerprint density at radius 2 is 2.07 bits per heavy atom. The molecule has 0 aliphatic rings. The maximum atomic E-state index is 12.9. The van der Waals surface area contributed by atoms with Crippen molar-refractivity contribution < 1.29 is 4.79 Å². The number of nitrogens with one attached hydrogen (secondary N) is 2. The van der Waals surface area contributed by atoms with Gasteiger partial charge in [-0.05, 0) is 30.5 Å². The molecule has 8 heteroatoms. The summed E-state index contributed by atoms with van der Waals surface area (Å²) >= 11 is 0. The first-order valence-corrected chi connectivity index (χ1v) is 9.78. The Hall–Kier alpha value is -3.29. The second-order valence-corrected chi connectivity index (χ2v) is 7.19. The lowest BCUT2D eigenvalue weighted by molar-refractivity contribution is 0.0955. The van der Waals surface area contributed by atoms with E-state index in [4.69, 9.17) is 0 Å². The van der Waals surface area contributed by atoms with E-state index in [1.165, 1.54) is 4.57 Å². The molecule has 0 radical (unpaired) electrons. The minimum absolute atomic E-state index is 0.0314. The molecular formula is C21H25N5O3. The Kier molecular flexibility index (Phi) is 6.21. The maximum Gasteiger partial charge on any atom is 0.329 e. The summed E-state index contributed by atoms with van der Waals surface area (Å²) in [5, 5.41) is 2.99. The van der Waals surface area contributed by atoms with Gasteiger partial charge in [-0.3, -0.25) is 24.1 Å². The molecule has 0 fully saturated rings. The second-order valence-electron chi connectivity index (χ2n) is 7.19. The van der Waals surface area contributed by atoms with E-state index in [2.05, 4.69) is 20.3 Å². The van der Waals surface area contributed by atoms with Crippen molar-refractivity contribution in [2.45, 2.75) is 46.1 Å². The van der Waals surface area contributed by atoms with Gasteiger partial charge in [0.15, 0.2) is 5.65 Å². The van der Waals surface area contributed by atoms with Crippen molar-refractivity contribution in [1.82, 2.24) is 24.8 Å². The van der Waals surface area contributed by atoms with Crippen molar-refractivity contribution in [3.63, 3.8) is 0 Å². The average molecular weight is 395 g/mol. The van der Waals surface area contributed by atoms with E-state index in [0.717, 1.165) is 5.69 Å². The molecule has 0 aromatic carbocycles. The number of amides is 1. The number of aromatic nitrogens is 4. The van der Waals surface area contributed by atoms with Gasteiger partial charge in [0.25, 0.3) is 11.5 Å². The highest BCUT2D eigenvalue weighted by molar-refractivity contribution is 6.05. The van der Waals surface area contributed by atoms with E-state index in [9.17, 15) is 14.4 Å². The van der Waals surface area contributed by atoms with Gasteiger partial charge in [0, 0.05) is 37.1 Å². The Morgan fingerprint density at radius 3 is 2.72 bits per heavy atom. The fraction of sp³-hybridized carbons (Fsp3) is 0.381. The number of nitrogens with zero attached hydrogens (tertiary/aromatic N) is 3. The highest BCUT2D eigenvalue weighted by Crippen LogP contribution is 2.19. The van der Waals surface area contributed by atoms with Crippen molar-refractivity contribution in [2.24, 2.45) is 0 Å². The van der Waals surface area contributed by atoms with Gasteiger partial charge < -0.3 is 5.32 Å². The highest BCUT2D eigenvalue weighted by Gasteiger charge is 2.20. The number of hydrogen-bond acceptors (Lipinski definition) is 5. The number of carbonyl (C=O) groups excluding carboxylic acids is 1. The lowest BCUT2D eigenvalue weighted by atomic mass is 10.0. The predicted molar refractivity (Wildman–Crippen MR) is 111 cm³/mol. The number of carbonyl (C=O) groups is 1. The summed E-state index contributed by atoms with van der Waals surface area (Å²) in [7, 11) is 0. The van der Waals surface area contributed by atoms with Gasteiger partial charge in [0.2, 0.25) is 0 Å². The molecule has 0 saturated heterocycles. The van der Waals surface area contributed by atoms with Gasteiger partial charge in [-0.25, -0.2) is 9.78 Å². The van der Waals surface area contributed by atoms with Crippen LogP contribution in [0.2, 0.25) is 0 Å². The summed E-state index contributed by atoms with van der Waals surface area (Å²) < 4.78 is 1.42. The van der Waals surface area contributed by atoms with Crippen LogP contribution in [0.3, 0.4) is 0 Å². The van der Waals surface area contributed by atoms with Crippen LogP contribution in [0.4, 0.5) is 0 Å². The van der Waals surface area contributed by atoms with Crippen molar-refractivity contribution in [3.8, 4) is 0 Å². The molecule has 1 amide bonds. The van der Waals surface area contributed by atoms with Crippen LogP contribution in [-0.4, -0.2) is 32.0 Å². The molecule has 0 aliphatic heterocycles. The molecule has 0 saturated carbocycles. The number of aromatic amines is 1. The molecule has 29 heavy (non-hydrogen) atoms. The van der Waals surface area contributed by atoms with Crippen LogP contribution in [0, 0.1) is 0 Å². The quantitative estimate of drug-likeness (QED) is 0.636. The van der Waals surface area contributed by atoms with E-state index >= 15 is 0 Å². The van der Waals surface area contributed by atoms with Gasteiger partial charge in [-0.1, -0.05) is 26.8 Å². The summed E-state index contributed by atoms with van der Waals surface area (Å²) in [6, 6.07) is 7.25. The van der Waals surface area contributed by atoms with Gasteiger partial charge in [-0.2, -0.15) is 0 Å². The van der Waals surface area contributed by atoms with Crippen molar-refractivity contribution in [1.29, 1.82) is 0 Å². The fourth-order valence-corrected chi connectivity index (χ4v) is 3.14. The molecule has 3 aromatic heterocycles. The first-order chi connectivity index (χ1) is 13.9. The molecule has 3 heterocycles.